The molecule has 0 aliphatic heterocycles. The van der Waals surface area contributed by atoms with Gasteiger partial charge < -0.3 is 19.4 Å². The van der Waals surface area contributed by atoms with Crippen molar-refractivity contribution in [1.29, 1.82) is 0 Å². The first-order chi connectivity index (χ1) is 17.4. The zero-order chi connectivity index (χ0) is 25.7. The van der Waals surface area contributed by atoms with Crippen LogP contribution in [0.2, 0.25) is 0 Å². The van der Waals surface area contributed by atoms with Crippen molar-refractivity contribution in [3.05, 3.63) is 51.9 Å². The molecule has 1 saturated carbocycles. The zero-order valence-electron chi connectivity index (χ0n) is 21.8. The molecule has 2 N–H and O–H groups in total. The number of pyridine rings is 1. The Bertz CT molecular complexity index is 1240. The summed E-state index contributed by atoms with van der Waals surface area (Å²) < 4.78 is 7.96. The van der Waals surface area contributed by atoms with Gasteiger partial charge in [0.05, 0.1) is 17.0 Å². The number of rotatable bonds is 11. The maximum atomic E-state index is 12.9. The molecule has 0 unspecified atom stereocenters. The number of aromatic amines is 1. The second-order valence-corrected chi connectivity index (χ2v) is 10.6. The third-order valence-corrected chi connectivity index (χ3v) is 7.16. The minimum atomic E-state index is -0.110. The molecule has 3 aromatic rings. The molecular formula is C29H39N3O4. The van der Waals surface area contributed by atoms with E-state index in [2.05, 4.69) is 41.6 Å². The second-order valence-electron chi connectivity index (χ2n) is 10.6. The number of nitrogens with zero attached hydrogens (tertiary/aromatic N) is 2. The SMILES string of the molecule is Cc1cc(-c2nc3cc(CC[C@@H](CC(C)C)C(=O)OC4CCCC4)ccc3n2CCCO)c[nH]c1=O. The van der Waals surface area contributed by atoms with Gasteiger partial charge in [-0.25, -0.2) is 4.98 Å². The van der Waals surface area contributed by atoms with Gasteiger partial charge in [0.15, 0.2) is 0 Å². The fraction of sp³-hybridized carbons (Fsp3) is 0.552. The summed E-state index contributed by atoms with van der Waals surface area (Å²) in [5.41, 5.74) is 4.37. The van der Waals surface area contributed by atoms with E-state index in [9.17, 15) is 14.7 Å². The van der Waals surface area contributed by atoms with Crippen LogP contribution in [0, 0.1) is 18.8 Å². The summed E-state index contributed by atoms with van der Waals surface area (Å²) in [6.07, 6.45) is 9.06. The number of aliphatic hydroxyl groups excluding tert-OH is 1. The van der Waals surface area contributed by atoms with Gasteiger partial charge in [-0.05, 0) is 88.0 Å². The highest BCUT2D eigenvalue weighted by atomic mass is 16.5. The standard InChI is InChI=1S/C29H39N3O4/c1-19(2)15-22(29(35)36-24-7-4-5-8-24)11-9-21-10-12-26-25(17-21)31-27(32(26)13-6-14-33)23-16-20(3)28(34)30-18-23/h10,12,16-19,22,24,33H,4-9,11,13-15H2,1-3H3,(H,30,34)/t22-/m0/s1. The van der Waals surface area contributed by atoms with Crippen LogP contribution in [0.4, 0.5) is 0 Å². The number of hydrogen-bond acceptors (Lipinski definition) is 5. The average Bonchev–Trinajstić information content (AvgIpc) is 3.49. The van der Waals surface area contributed by atoms with E-state index in [-0.39, 0.29) is 30.2 Å². The summed E-state index contributed by atoms with van der Waals surface area (Å²) in [5, 5.41) is 9.42. The van der Waals surface area contributed by atoms with Crippen LogP contribution in [0.3, 0.4) is 0 Å². The lowest BCUT2D eigenvalue weighted by atomic mass is 9.91. The van der Waals surface area contributed by atoms with Crippen LogP contribution in [0.5, 0.6) is 0 Å². The van der Waals surface area contributed by atoms with Crippen LogP contribution in [0.25, 0.3) is 22.4 Å². The molecule has 4 rings (SSSR count). The molecule has 194 valence electrons. The van der Waals surface area contributed by atoms with E-state index in [1.807, 2.05) is 6.07 Å². The number of aliphatic hydroxyl groups is 1. The van der Waals surface area contributed by atoms with E-state index in [0.29, 0.717) is 24.4 Å². The molecule has 36 heavy (non-hydrogen) atoms. The van der Waals surface area contributed by atoms with E-state index in [1.54, 1.807) is 13.1 Å². The summed E-state index contributed by atoms with van der Waals surface area (Å²) in [7, 11) is 0. The topological polar surface area (TPSA) is 97.2 Å². The first-order valence-corrected chi connectivity index (χ1v) is 13.4. The number of benzene rings is 1. The highest BCUT2D eigenvalue weighted by molar-refractivity contribution is 5.81. The van der Waals surface area contributed by atoms with Crippen molar-refractivity contribution in [2.24, 2.45) is 11.8 Å². The van der Waals surface area contributed by atoms with Crippen LogP contribution < -0.4 is 5.56 Å². The van der Waals surface area contributed by atoms with Gasteiger partial charge in [0, 0.05) is 30.5 Å². The van der Waals surface area contributed by atoms with Crippen LogP contribution in [-0.2, 0) is 22.5 Å². The Morgan fingerprint density at radius 2 is 2.03 bits per heavy atom. The predicted molar refractivity (Wildman–Crippen MR) is 142 cm³/mol. The Labute approximate surface area is 212 Å². The predicted octanol–water partition coefficient (Wildman–Crippen LogP) is 5.16. The number of imidazole rings is 1. The van der Waals surface area contributed by atoms with Crippen molar-refractivity contribution in [3.8, 4) is 11.4 Å². The third-order valence-electron chi connectivity index (χ3n) is 7.16. The molecule has 2 aromatic heterocycles. The van der Waals surface area contributed by atoms with Gasteiger partial charge in [0.2, 0.25) is 0 Å². The van der Waals surface area contributed by atoms with Crippen LogP contribution >= 0.6 is 0 Å². The highest BCUT2D eigenvalue weighted by Gasteiger charge is 2.26. The first kappa shape index (κ1) is 26.1. The van der Waals surface area contributed by atoms with Crippen molar-refractivity contribution < 1.29 is 14.6 Å². The normalized spacial score (nSPS) is 15.1. The molecule has 0 amide bonds. The molecule has 1 atom stereocenters. The minimum Gasteiger partial charge on any atom is -0.462 e. The number of esters is 1. The van der Waals surface area contributed by atoms with Gasteiger partial charge in [0.25, 0.3) is 5.56 Å². The summed E-state index contributed by atoms with van der Waals surface area (Å²) in [6.45, 7) is 6.81. The zero-order valence-corrected chi connectivity index (χ0v) is 21.8. The average molecular weight is 494 g/mol. The van der Waals surface area contributed by atoms with Gasteiger partial charge in [-0.2, -0.15) is 0 Å². The Hall–Kier alpha value is -2.93. The molecular weight excluding hydrogens is 454 g/mol. The van der Waals surface area contributed by atoms with E-state index in [1.165, 1.54) is 0 Å². The van der Waals surface area contributed by atoms with Gasteiger partial charge in [-0.3, -0.25) is 9.59 Å². The fourth-order valence-corrected chi connectivity index (χ4v) is 5.24. The fourth-order valence-electron chi connectivity index (χ4n) is 5.24. The maximum absolute atomic E-state index is 12.9. The Morgan fingerprint density at radius 3 is 2.72 bits per heavy atom. The Balaban J connectivity index is 1.56. The van der Waals surface area contributed by atoms with Gasteiger partial charge in [0.1, 0.15) is 11.9 Å². The van der Waals surface area contributed by atoms with Crippen LogP contribution in [-0.4, -0.2) is 38.3 Å². The smallest absolute Gasteiger partial charge is 0.309 e. The van der Waals surface area contributed by atoms with Crippen molar-refractivity contribution in [2.45, 2.75) is 84.8 Å². The van der Waals surface area contributed by atoms with Crippen molar-refractivity contribution in [3.63, 3.8) is 0 Å². The summed E-state index contributed by atoms with van der Waals surface area (Å²) in [6, 6.07) is 8.13. The summed E-state index contributed by atoms with van der Waals surface area (Å²) >= 11 is 0. The van der Waals surface area contributed by atoms with Crippen molar-refractivity contribution in [2.75, 3.05) is 6.61 Å². The largest absolute Gasteiger partial charge is 0.462 e. The minimum absolute atomic E-state index is 0.0410. The van der Waals surface area contributed by atoms with Gasteiger partial charge >= 0.3 is 5.97 Å². The number of carbonyl (C=O) groups is 1. The monoisotopic (exact) mass is 493 g/mol. The van der Waals surface area contributed by atoms with E-state index in [0.717, 1.165) is 72.9 Å². The molecule has 2 heterocycles. The van der Waals surface area contributed by atoms with Crippen LogP contribution in [0.15, 0.2) is 35.3 Å². The van der Waals surface area contributed by atoms with E-state index in [4.69, 9.17) is 9.72 Å². The molecule has 0 spiro atoms. The number of hydrogen-bond donors (Lipinski definition) is 2. The number of carbonyl (C=O) groups excluding carboxylic acids is 1. The number of nitrogens with one attached hydrogen (secondary N) is 1. The molecule has 7 heteroatoms. The summed E-state index contributed by atoms with van der Waals surface area (Å²) in [4.78, 5) is 32.5. The molecule has 0 bridgehead atoms. The molecule has 1 aliphatic rings. The number of H-pyrrole nitrogens is 1. The third kappa shape index (κ3) is 6.25. The maximum Gasteiger partial charge on any atom is 0.309 e. The lowest BCUT2D eigenvalue weighted by Crippen LogP contribution is -2.24. The van der Waals surface area contributed by atoms with Gasteiger partial charge in [-0.15, -0.1) is 0 Å². The van der Waals surface area contributed by atoms with Gasteiger partial charge in [-0.1, -0.05) is 19.9 Å². The van der Waals surface area contributed by atoms with E-state index >= 15 is 0 Å². The highest BCUT2D eigenvalue weighted by Crippen LogP contribution is 2.28. The quantitative estimate of drug-likeness (QED) is 0.360. The number of aryl methyl sites for hydroxylation is 3. The van der Waals surface area contributed by atoms with Crippen LogP contribution in [0.1, 0.15) is 69.9 Å². The van der Waals surface area contributed by atoms with Crippen molar-refractivity contribution >= 4 is 17.0 Å². The molecule has 7 nitrogen and oxygen atoms in total. The molecule has 1 aliphatic carbocycles. The molecule has 1 fully saturated rings. The van der Waals surface area contributed by atoms with E-state index < -0.39 is 0 Å². The second kappa shape index (κ2) is 11.9. The summed E-state index contributed by atoms with van der Waals surface area (Å²) in [5.74, 6) is 1.07. The molecule has 0 radical (unpaired) electrons. The molecule has 1 aromatic carbocycles. The molecule has 0 saturated heterocycles. The first-order valence-electron chi connectivity index (χ1n) is 13.4. The number of aromatic nitrogens is 3. The lowest BCUT2D eigenvalue weighted by Gasteiger charge is -2.20. The number of ether oxygens (including phenoxy) is 1. The lowest BCUT2D eigenvalue weighted by molar-refractivity contribution is -0.154. The number of fused-ring (bicyclic) bond motifs is 1. The van der Waals surface area contributed by atoms with Crippen molar-refractivity contribution in [1.82, 2.24) is 14.5 Å². The Kier molecular flexibility index (Phi) is 8.62. The Morgan fingerprint density at radius 1 is 1.25 bits per heavy atom.